The van der Waals surface area contributed by atoms with Crippen LogP contribution < -0.4 is 10.6 Å². The van der Waals surface area contributed by atoms with Crippen LogP contribution in [0, 0.1) is 0 Å². The Kier molecular flexibility index (Phi) is 7.88. The summed E-state index contributed by atoms with van der Waals surface area (Å²) in [6.07, 6.45) is 9.96. The van der Waals surface area contributed by atoms with Crippen LogP contribution in [0.2, 0.25) is 0 Å². The Morgan fingerprint density at radius 1 is 1.25 bits per heavy atom. The summed E-state index contributed by atoms with van der Waals surface area (Å²) in [5.74, 6) is 1.96. The average molecular weight is 383 g/mol. The number of guanidine groups is 1. The molecule has 6 heteroatoms. The van der Waals surface area contributed by atoms with E-state index in [1.165, 1.54) is 31.2 Å². The summed E-state index contributed by atoms with van der Waals surface area (Å²) in [6.45, 7) is 5.88. The fraction of sp³-hybridized carbons (Fsp3) is 0.591. The van der Waals surface area contributed by atoms with E-state index < -0.39 is 0 Å². The van der Waals surface area contributed by atoms with Gasteiger partial charge in [0.25, 0.3) is 0 Å². The van der Waals surface area contributed by atoms with Crippen molar-refractivity contribution in [3.63, 3.8) is 0 Å². The van der Waals surface area contributed by atoms with Crippen molar-refractivity contribution in [2.45, 2.75) is 77.4 Å². The van der Waals surface area contributed by atoms with Gasteiger partial charge in [0.15, 0.2) is 5.96 Å². The molecule has 0 aliphatic heterocycles. The third-order valence-electron chi connectivity index (χ3n) is 5.41. The third kappa shape index (κ3) is 6.36. The van der Waals surface area contributed by atoms with Crippen LogP contribution in [0.15, 0.2) is 41.7 Å². The molecule has 2 aromatic rings. The molecule has 28 heavy (non-hydrogen) atoms. The van der Waals surface area contributed by atoms with Gasteiger partial charge < -0.3 is 15.2 Å². The van der Waals surface area contributed by atoms with Gasteiger partial charge in [0, 0.05) is 25.0 Å². The third-order valence-corrected chi connectivity index (χ3v) is 5.41. The first kappa shape index (κ1) is 20.4. The van der Waals surface area contributed by atoms with E-state index in [1.54, 1.807) is 6.33 Å². The van der Waals surface area contributed by atoms with Gasteiger partial charge in [-0.1, -0.05) is 50.1 Å². The Hall–Kier alpha value is -2.37. The maximum Gasteiger partial charge on any atom is 0.191 e. The quantitative estimate of drug-likeness (QED) is 0.516. The first-order chi connectivity index (χ1) is 13.7. The number of nitrogens with zero attached hydrogens (tertiary/aromatic N) is 4. The summed E-state index contributed by atoms with van der Waals surface area (Å²) in [5.41, 5.74) is 1.39. The Morgan fingerprint density at radius 3 is 2.79 bits per heavy atom. The highest BCUT2D eigenvalue weighted by molar-refractivity contribution is 5.80. The highest BCUT2D eigenvalue weighted by Gasteiger charge is 2.17. The second-order valence-corrected chi connectivity index (χ2v) is 7.72. The van der Waals surface area contributed by atoms with Crippen LogP contribution in [-0.4, -0.2) is 39.4 Å². The molecule has 6 nitrogen and oxygen atoms in total. The lowest BCUT2D eigenvalue weighted by molar-refractivity contribution is 0.559. The molecule has 1 saturated carbocycles. The minimum atomic E-state index is 0.369. The summed E-state index contributed by atoms with van der Waals surface area (Å²) in [6, 6.07) is 11.6. The molecule has 0 saturated heterocycles. The highest BCUT2D eigenvalue weighted by Crippen LogP contribution is 2.17. The molecule has 3 rings (SSSR count). The molecule has 152 valence electrons. The lowest BCUT2D eigenvalue weighted by Crippen LogP contribution is -2.46. The van der Waals surface area contributed by atoms with Crippen molar-refractivity contribution in [2.75, 3.05) is 6.54 Å². The van der Waals surface area contributed by atoms with E-state index >= 15 is 0 Å². The monoisotopic (exact) mass is 382 g/mol. The molecule has 2 N–H and O–H groups in total. The van der Waals surface area contributed by atoms with Crippen molar-refractivity contribution in [3.8, 4) is 0 Å². The van der Waals surface area contributed by atoms with Gasteiger partial charge in [-0.2, -0.15) is 0 Å². The van der Waals surface area contributed by atoms with E-state index in [-0.39, 0.29) is 0 Å². The fourth-order valence-electron chi connectivity index (χ4n) is 3.74. The second kappa shape index (κ2) is 10.8. The summed E-state index contributed by atoms with van der Waals surface area (Å²) in [5, 5.41) is 15.4. The highest BCUT2D eigenvalue weighted by atomic mass is 15.3. The van der Waals surface area contributed by atoms with Gasteiger partial charge in [-0.15, -0.1) is 10.2 Å². The average Bonchev–Trinajstić information content (AvgIpc) is 3.39. The van der Waals surface area contributed by atoms with Gasteiger partial charge in [-0.3, -0.25) is 4.99 Å². The largest absolute Gasteiger partial charge is 0.354 e. The van der Waals surface area contributed by atoms with E-state index in [4.69, 9.17) is 4.99 Å². The zero-order valence-corrected chi connectivity index (χ0v) is 17.3. The van der Waals surface area contributed by atoms with Crippen molar-refractivity contribution >= 4 is 5.96 Å². The minimum absolute atomic E-state index is 0.369. The molecule has 1 aliphatic rings. The number of hydrogen-bond acceptors (Lipinski definition) is 3. The van der Waals surface area contributed by atoms with Crippen molar-refractivity contribution in [1.29, 1.82) is 0 Å². The Balaban J connectivity index is 1.54. The van der Waals surface area contributed by atoms with Crippen LogP contribution in [0.25, 0.3) is 0 Å². The number of benzene rings is 1. The number of aliphatic imine (C=N–C) groups is 1. The smallest absolute Gasteiger partial charge is 0.191 e. The molecule has 1 aromatic heterocycles. The van der Waals surface area contributed by atoms with Crippen molar-refractivity contribution < 1.29 is 0 Å². The van der Waals surface area contributed by atoms with Crippen LogP contribution in [0.3, 0.4) is 0 Å². The van der Waals surface area contributed by atoms with Crippen molar-refractivity contribution in [3.05, 3.63) is 48.0 Å². The van der Waals surface area contributed by atoms with Gasteiger partial charge in [0.05, 0.1) is 6.54 Å². The van der Waals surface area contributed by atoms with Gasteiger partial charge >= 0.3 is 0 Å². The van der Waals surface area contributed by atoms with Crippen LogP contribution in [0.1, 0.15) is 57.3 Å². The van der Waals surface area contributed by atoms with Gasteiger partial charge in [0.2, 0.25) is 0 Å². The Bertz CT molecular complexity index is 718. The van der Waals surface area contributed by atoms with E-state index in [9.17, 15) is 0 Å². The SMILES string of the molecule is CCc1nncn1CCN=C(NC(C)CCc1ccccc1)NC1CCCC1. The first-order valence-electron chi connectivity index (χ1n) is 10.7. The minimum Gasteiger partial charge on any atom is -0.354 e. The molecule has 1 heterocycles. The normalized spacial score (nSPS) is 16.3. The van der Waals surface area contributed by atoms with Crippen LogP contribution in [0.4, 0.5) is 0 Å². The van der Waals surface area contributed by atoms with Crippen molar-refractivity contribution in [2.24, 2.45) is 4.99 Å². The number of aryl methyl sites for hydroxylation is 2. The first-order valence-corrected chi connectivity index (χ1v) is 10.7. The standard InChI is InChI=1S/C22H34N6/c1-3-21-27-24-17-28(21)16-15-23-22(26-20-11-7-8-12-20)25-18(2)13-14-19-9-5-4-6-10-19/h4-6,9-10,17-18,20H,3,7-8,11-16H2,1-2H3,(H2,23,25,26). The molecule has 1 aromatic carbocycles. The summed E-state index contributed by atoms with van der Waals surface area (Å²) >= 11 is 0. The number of aromatic nitrogens is 3. The molecule has 1 aliphatic carbocycles. The maximum absolute atomic E-state index is 4.85. The van der Waals surface area contributed by atoms with E-state index in [0.29, 0.717) is 12.1 Å². The van der Waals surface area contributed by atoms with Gasteiger partial charge in [-0.25, -0.2) is 0 Å². The molecule has 0 spiro atoms. The number of rotatable bonds is 9. The Morgan fingerprint density at radius 2 is 2.04 bits per heavy atom. The molecular formula is C22H34N6. The zero-order valence-electron chi connectivity index (χ0n) is 17.3. The van der Waals surface area contributed by atoms with Crippen LogP contribution in [-0.2, 0) is 19.4 Å². The van der Waals surface area contributed by atoms with Crippen molar-refractivity contribution in [1.82, 2.24) is 25.4 Å². The molecule has 1 fully saturated rings. The molecule has 0 amide bonds. The zero-order chi connectivity index (χ0) is 19.6. The summed E-state index contributed by atoms with van der Waals surface area (Å²) < 4.78 is 2.09. The molecular weight excluding hydrogens is 348 g/mol. The summed E-state index contributed by atoms with van der Waals surface area (Å²) in [4.78, 5) is 4.85. The predicted molar refractivity (Wildman–Crippen MR) is 114 cm³/mol. The number of hydrogen-bond donors (Lipinski definition) is 2. The van der Waals surface area contributed by atoms with Crippen LogP contribution in [0.5, 0.6) is 0 Å². The fourth-order valence-corrected chi connectivity index (χ4v) is 3.74. The maximum atomic E-state index is 4.85. The van der Waals surface area contributed by atoms with Crippen LogP contribution >= 0.6 is 0 Å². The lowest BCUT2D eigenvalue weighted by atomic mass is 10.1. The topological polar surface area (TPSA) is 67.1 Å². The summed E-state index contributed by atoms with van der Waals surface area (Å²) in [7, 11) is 0. The molecule has 0 bridgehead atoms. The Labute approximate surface area is 168 Å². The predicted octanol–water partition coefficient (Wildman–Crippen LogP) is 3.34. The lowest BCUT2D eigenvalue weighted by Gasteiger charge is -2.21. The van der Waals surface area contributed by atoms with Gasteiger partial charge in [-0.05, 0) is 38.2 Å². The van der Waals surface area contributed by atoms with E-state index in [0.717, 1.165) is 44.1 Å². The molecule has 1 atom stereocenters. The van der Waals surface area contributed by atoms with E-state index in [1.807, 2.05) is 0 Å². The van der Waals surface area contributed by atoms with Gasteiger partial charge in [0.1, 0.15) is 12.2 Å². The molecule has 0 radical (unpaired) electrons. The second-order valence-electron chi connectivity index (χ2n) is 7.72. The molecule has 1 unspecified atom stereocenters. The van der Waals surface area contributed by atoms with E-state index in [2.05, 4.69) is 69.6 Å². The number of nitrogens with one attached hydrogen (secondary N) is 2.